The van der Waals surface area contributed by atoms with E-state index in [0.717, 1.165) is 5.56 Å². The standard InChI is InChI=1S/C27H30FN3O4S/c1-2-31(24-8-4-3-5-9-24)36(33,34)25-10-6-7-22(19-25)27(32)29-20-26(30-15-17-35-18-16-30)21-11-13-23(28)14-12-21/h3-14,19,26H,2,15-18,20H2,1H3,(H,29,32)/t26-/m0/s1. The van der Waals surface area contributed by atoms with Crippen molar-refractivity contribution in [2.24, 2.45) is 0 Å². The molecule has 0 radical (unpaired) electrons. The Morgan fingerprint density at radius 1 is 1.03 bits per heavy atom. The monoisotopic (exact) mass is 511 g/mol. The first-order chi connectivity index (χ1) is 17.4. The minimum absolute atomic E-state index is 0.0455. The van der Waals surface area contributed by atoms with E-state index in [2.05, 4.69) is 10.2 Å². The van der Waals surface area contributed by atoms with Gasteiger partial charge in [0.25, 0.3) is 15.9 Å². The fourth-order valence-electron chi connectivity index (χ4n) is 4.33. The van der Waals surface area contributed by atoms with Crippen molar-refractivity contribution in [1.29, 1.82) is 0 Å². The maximum atomic E-state index is 13.5. The highest BCUT2D eigenvalue weighted by atomic mass is 32.2. The van der Waals surface area contributed by atoms with Crippen LogP contribution in [0.15, 0.2) is 83.8 Å². The van der Waals surface area contributed by atoms with Gasteiger partial charge in [-0.1, -0.05) is 36.4 Å². The Balaban J connectivity index is 1.52. The summed E-state index contributed by atoms with van der Waals surface area (Å²) in [5.74, 6) is -0.701. The average Bonchev–Trinajstić information content (AvgIpc) is 2.91. The van der Waals surface area contributed by atoms with Crippen LogP contribution >= 0.6 is 0 Å². The second-order valence-electron chi connectivity index (χ2n) is 8.46. The summed E-state index contributed by atoms with van der Waals surface area (Å²) in [5, 5.41) is 2.94. The number of sulfonamides is 1. The number of rotatable bonds is 9. The largest absolute Gasteiger partial charge is 0.379 e. The van der Waals surface area contributed by atoms with Gasteiger partial charge in [-0.3, -0.25) is 14.0 Å². The Kier molecular flexibility index (Phi) is 8.35. The Labute approximate surface area is 211 Å². The van der Waals surface area contributed by atoms with E-state index < -0.39 is 10.0 Å². The average molecular weight is 512 g/mol. The molecule has 4 rings (SSSR count). The van der Waals surface area contributed by atoms with E-state index in [-0.39, 0.29) is 41.3 Å². The molecule has 36 heavy (non-hydrogen) atoms. The molecule has 1 amide bonds. The van der Waals surface area contributed by atoms with Crippen molar-refractivity contribution < 1.29 is 22.3 Å². The van der Waals surface area contributed by atoms with E-state index in [1.807, 2.05) is 6.07 Å². The molecular weight excluding hydrogens is 481 g/mol. The fraction of sp³-hybridized carbons (Fsp3) is 0.296. The molecule has 3 aromatic carbocycles. The SMILES string of the molecule is CCN(c1ccccc1)S(=O)(=O)c1cccc(C(=O)NC[C@@H](c2ccc(F)cc2)N2CCOCC2)c1. The number of carbonyl (C=O) groups is 1. The van der Waals surface area contributed by atoms with Gasteiger partial charge in [-0.05, 0) is 55.0 Å². The third kappa shape index (κ3) is 5.92. The van der Waals surface area contributed by atoms with Crippen molar-refractivity contribution in [1.82, 2.24) is 10.2 Å². The Morgan fingerprint density at radius 3 is 2.39 bits per heavy atom. The second-order valence-corrected chi connectivity index (χ2v) is 10.3. The highest BCUT2D eigenvalue weighted by Crippen LogP contribution is 2.25. The van der Waals surface area contributed by atoms with Crippen LogP contribution in [0.1, 0.15) is 28.9 Å². The van der Waals surface area contributed by atoms with E-state index in [1.54, 1.807) is 55.5 Å². The summed E-state index contributed by atoms with van der Waals surface area (Å²) in [5.41, 5.74) is 1.69. The first-order valence-electron chi connectivity index (χ1n) is 11.9. The summed E-state index contributed by atoms with van der Waals surface area (Å²) in [6.07, 6.45) is 0. The topological polar surface area (TPSA) is 79.0 Å². The van der Waals surface area contributed by atoms with Gasteiger partial charge in [0.15, 0.2) is 0 Å². The van der Waals surface area contributed by atoms with Crippen LogP contribution in [0.25, 0.3) is 0 Å². The molecule has 1 fully saturated rings. The highest BCUT2D eigenvalue weighted by molar-refractivity contribution is 7.92. The predicted molar refractivity (Wildman–Crippen MR) is 137 cm³/mol. The summed E-state index contributed by atoms with van der Waals surface area (Å²) in [6, 6.07) is 21.0. The van der Waals surface area contributed by atoms with Crippen LogP contribution in [0.2, 0.25) is 0 Å². The molecular formula is C27H30FN3O4S. The molecule has 1 atom stereocenters. The number of anilines is 1. The lowest BCUT2D eigenvalue weighted by atomic mass is 10.0. The van der Waals surface area contributed by atoms with E-state index >= 15 is 0 Å². The second kappa shape index (κ2) is 11.6. The van der Waals surface area contributed by atoms with Crippen LogP contribution in [0.3, 0.4) is 0 Å². The summed E-state index contributed by atoms with van der Waals surface area (Å²) >= 11 is 0. The van der Waals surface area contributed by atoms with Gasteiger partial charge in [-0.2, -0.15) is 0 Å². The molecule has 1 aliphatic heterocycles. The van der Waals surface area contributed by atoms with Crippen molar-refractivity contribution in [2.45, 2.75) is 17.9 Å². The van der Waals surface area contributed by atoms with Gasteiger partial charge >= 0.3 is 0 Å². The maximum Gasteiger partial charge on any atom is 0.264 e. The van der Waals surface area contributed by atoms with Gasteiger partial charge in [-0.15, -0.1) is 0 Å². The number of nitrogens with one attached hydrogen (secondary N) is 1. The third-order valence-corrected chi connectivity index (χ3v) is 8.11. The first kappa shape index (κ1) is 25.8. The molecule has 7 nitrogen and oxygen atoms in total. The lowest BCUT2D eigenvalue weighted by molar-refractivity contribution is 0.0162. The quantitative estimate of drug-likeness (QED) is 0.472. The molecule has 1 saturated heterocycles. The van der Waals surface area contributed by atoms with Crippen LogP contribution < -0.4 is 9.62 Å². The van der Waals surface area contributed by atoms with Crippen molar-refractivity contribution in [3.63, 3.8) is 0 Å². The molecule has 190 valence electrons. The summed E-state index contributed by atoms with van der Waals surface area (Å²) in [4.78, 5) is 15.3. The van der Waals surface area contributed by atoms with E-state index in [4.69, 9.17) is 4.74 Å². The van der Waals surface area contributed by atoms with Crippen LogP contribution in [0.4, 0.5) is 10.1 Å². The Morgan fingerprint density at radius 2 is 1.72 bits per heavy atom. The van der Waals surface area contributed by atoms with Crippen molar-refractivity contribution in [3.05, 3.63) is 95.8 Å². The number of ether oxygens (including phenoxy) is 1. The fourth-order valence-corrected chi connectivity index (χ4v) is 5.85. The number of amides is 1. The lowest BCUT2D eigenvalue weighted by Gasteiger charge is -2.35. The molecule has 9 heteroatoms. The third-order valence-electron chi connectivity index (χ3n) is 6.21. The zero-order chi connectivity index (χ0) is 25.5. The molecule has 3 aromatic rings. The van der Waals surface area contributed by atoms with Gasteiger partial charge in [0.1, 0.15) is 5.82 Å². The van der Waals surface area contributed by atoms with E-state index in [0.29, 0.717) is 32.0 Å². The summed E-state index contributed by atoms with van der Waals surface area (Å²) in [7, 11) is -3.86. The molecule has 1 heterocycles. The minimum Gasteiger partial charge on any atom is -0.379 e. The maximum absolute atomic E-state index is 13.5. The number of hydrogen-bond donors (Lipinski definition) is 1. The normalized spacial score (nSPS) is 15.3. The number of carbonyl (C=O) groups excluding carboxylic acids is 1. The highest BCUT2D eigenvalue weighted by Gasteiger charge is 2.26. The Bertz CT molecular complexity index is 1260. The molecule has 0 bridgehead atoms. The molecule has 0 aliphatic carbocycles. The molecule has 0 spiro atoms. The van der Waals surface area contributed by atoms with Crippen molar-refractivity contribution >= 4 is 21.6 Å². The molecule has 0 saturated carbocycles. The van der Waals surface area contributed by atoms with Crippen molar-refractivity contribution in [3.8, 4) is 0 Å². The number of halogens is 1. The summed E-state index contributed by atoms with van der Waals surface area (Å²) in [6.45, 7) is 4.86. The number of morpholine rings is 1. The van der Waals surface area contributed by atoms with Crippen LogP contribution in [-0.4, -0.2) is 58.6 Å². The first-order valence-corrected chi connectivity index (χ1v) is 13.4. The smallest absolute Gasteiger partial charge is 0.264 e. The minimum atomic E-state index is -3.86. The molecule has 1 N–H and O–H groups in total. The predicted octanol–water partition coefficient (Wildman–Crippen LogP) is 3.84. The van der Waals surface area contributed by atoms with Crippen LogP contribution in [-0.2, 0) is 14.8 Å². The van der Waals surface area contributed by atoms with Gasteiger partial charge in [0.2, 0.25) is 0 Å². The number of nitrogens with zero attached hydrogens (tertiary/aromatic N) is 2. The zero-order valence-corrected chi connectivity index (χ0v) is 21.0. The molecule has 1 aliphatic rings. The number of hydrogen-bond acceptors (Lipinski definition) is 5. The molecule has 0 unspecified atom stereocenters. The van der Waals surface area contributed by atoms with Gasteiger partial charge in [0.05, 0.1) is 29.8 Å². The molecule has 0 aromatic heterocycles. The van der Waals surface area contributed by atoms with Crippen molar-refractivity contribution in [2.75, 3.05) is 43.7 Å². The van der Waals surface area contributed by atoms with E-state index in [9.17, 15) is 17.6 Å². The zero-order valence-electron chi connectivity index (χ0n) is 20.1. The Hall–Kier alpha value is -3.27. The van der Waals surface area contributed by atoms with E-state index in [1.165, 1.54) is 28.6 Å². The number of benzene rings is 3. The summed E-state index contributed by atoms with van der Waals surface area (Å²) < 4.78 is 47.0. The van der Waals surface area contributed by atoms with Gasteiger partial charge in [-0.25, -0.2) is 12.8 Å². The van der Waals surface area contributed by atoms with Gasteiger partial charge in [0, 0.05) is 31.7 Å². The lowest BCUT2D eigenvalue weighted by Crippen LogP contribution is -2.43. The van der Waals surface area contributed by atoms with Crippen LogP contribution in [0.5, 0.6) is 0 Å². The van der Waals surface area contributed by atoms with Gasteiger partial charge < -0.3 is 10.1 Å². The number of para-hydroxylation sites is 1. The van der Waals surface area contributed by atoms with Crippen LogP contribution in [0, 0.1) is 5.82 Å².